The molecule has 204 valence electrons. The van der Waals surface area contributed by atoms with Gasteiger partial charge in [0.2, 0.25) is 0 Å². The molecule has 0 unspecified atom stereocenters. The summed E-state index contributed by atoms with van der Waals surface area (Å²) < 4.78 is 56.4. The van der Waals surface area contributed by atoms with Crippen molar-refractivity contribution < 1.29 is 27.1 Å². The minimum absolute atomic E-state index is 0.0930. The Morgan fingerprint density at radius 2 is 1.84 bits per heavy atom. The maximum Gasteiger partial charge on any atom is 0.573 e. The van der Waals surface area contributed by atoms with Gasteiger partial charge in [-0.1, -0.05) is 0 Å². The van der Waals surface area contributed by atoms with E-state index < -0.39 is 12.1 Å². The average Bonchev–Trinajstić information content (AvgIpc) is 3.29. The maximum absolute atomic E-state index is 15.1. The van der Waals surface area contributed by atoms with Crippen LogP contribution in [-0.4, -0.2) is 64.8 Å². The van der Waals surface area contributed by atoms with Gasteiger partial charge < -0.3 is 25.3 Å². The molecule has 2 aromatic heterocycles. The number of nitrogen functional groups attached to an aromatic ring is 1. The number of nitrogens with two attached hydrogens (primary N) is 1. The predicted molar refractivity (Wildman–Crippen MR) is 136 cm³/mol. The number of nitrogens with one attached hydrogen (secondary N) is 1. The third-order valence-corrected chi connectivity index (χ3v) is 8.00. The summed E-state index contributed by atoms with van der Waals surface area (Å²) in [6, 6.07) is 5.81. The molecule has 2 aliphatic heterocycles. The highest BCUT2D eigenvalue weighted by Crippen LogP contribution is 2.38. The Bertz CT molecular complexity index is 1330. The summed E-state index contributed by atoms with van der Waals surface area (Å²) >= 11 is 0. The molecule has 0 saturated carbocycles. The number of halogens is 4. The molecule has 7 nitrogen and oxygen atoms in total. The SMILES string of the molecule is C[C@@H]1C[C@@H](c2cc3c(C4CCN(C(=O)c5ccc(OC(F)(F)F)cc5N)CC4)c(F)cnc3[nH]2)CCN1C. The van der Waals surface area contributed by atoms with Crippen molar-refractivity contribution in [1.82, 2.24) is 19.8 Å². The number of hydrogen-bond acceptors (Lipinski definition) is 5. The molecule has 11 heteroatoms. The van der Waals surface area contributed by atoms with Crippen molar-refractivity contribution in [2.24, 2.45) is 0 Å². The van der Waals surface area contributed by atoms with Gasteiger partial charge in [-0.3, -0.25) is 4.79 Å². The molecule has 0 radical (unpaired) electrons. The third-order valence-electron chi connectivity index (χ3n) is 8.00. The number of piperidine rings is 2. The monoisotopic (exact) mass is 533 g/mol. The number of hydrogen-bond donors (Lipinski definition) is 2. The Labute approximate surface area is 217 Å². The van der Waals surface area contributed by atoms with E-state index in [0.717, 1.165) is 42.6 Å². The van der Waals surface area contributed by atoms with Crippen LogP contribution >= 0.6 is 0 Å². The number of aromatic amines is 1. The number of rotatable bonds is 4. The second-order valence-electron chi connectivity index (χ2n) is 10.4. The van der Waals surface area contributed by atoms with E-state index >= 15 is 4.39 Å². The zero-order chi connectivity index (χ0) is 27.2. The normalized spacial score (nSPS) is 21.7. The smallest absolute Gasteiger partial charge is 0.406 e. The number of aromatic nitrogens is 2. The number of alkyl halides is 3. The lowest BCUT2D eigenvalue weighted by molar-refractivity contribution is -0.274. The number of amides is 1. The fraction of sp³-hybridized carbons (Fsp3) is 0.481. The molecule has 2 atom stereocenters. The molecule has 38 heavy (non-hydrogen) atoms. The Morgan fingerprint density at radius 3 is 2.50 bits per heavy atom. The number of pyridine rings is 1. The van der Waals surface area contributed by atoms with Gasteiger partial charge in [0.05, 0.1) is 11.8 Å². The van der Waals surface area contributed by atoms with E-state index in [9.17, 15) is 18.0 Å². The highest BCUT2D eigenvalue weighted by Gasteiger charge is 2.33. The summed E-state index contributed by atoms with van der Waals surface area (Å²) in [6.07, 6.45) is -0.449. The van der Waals surface area contributed by atoms with E-state index in [2.05, 4.69) is 33.6 Å². The Morgan fingerprint density at radius 1 is 1.13 bits per heavy atom. The number of fused-ring (bicyclic) bond motifs is 1. The van der Waals surface area contributed by atoms with Crippen LogP contribution in [0.3, 0.4) is 0 Å². The lowest BCUT2D eigenvalue weighted by Gasteiger charge is -2.34. The summed E-state index contributed by atoms with van der Waals surface area (Å²) in [4.78, 5) is 24.7. The van der Waals surface area contributed by atoms with Crippen molar-refractivity contribution >= 4 is 22.6 Å². The van der Waals surface area contributed by atoms with Gasteiger partial charge in [0.15, 0.2) is 0 Å². The fourth-order valence-electron chi connectivity index (χ4n) is 5.77. The van der Waals surface area contributed by atoms with Gasteiger partial charge in [-0.05, 0) is 70.3 Å². The molecule has 0 bridgehead atoms. The van der Waals surface area contributed by atoms with Crippen LogP contribution in [0.5, 0.6) is 5.75 Å². The first-order valence-electron chi connectivity index (χ1n) is 12.8. The van der Waals surface area contributed by atoms with E-state index in [1.54, 1.807) is 4.90 Å². The van der Waals surface area contributed by atoms with E-state index in [1.165, 1.54) is 12.3 Å². The molecule has 3 N–H and O–H groups in total. The van der Waals surface area contributed by atoms with Gasteiger partial charge in [0.1, 0.15) is 17.2 Å². The number of benzene rings is 1. The first-order chi connectivity index (χ1) is 18.0. The Hall–Kier alpha value is -3.34. The zero-order valence-corrected chi connectivity index (χ0v) is 21.3. The second kappa shape index (κ2) is 10.1. The van der Waals surface area contributed by atoms with Crippen LogP contribution in [0, 0.1) is 5.82 Å². The third kappa shape index (κ3) is 5.29. The van der Waals surface area contributed by atoms with Crippen LogP contribution < -0.4 is 10.5 Å². The topological polar surface area (TPSA) is 87.5 Å². The van der Waals surface area contributed by atoms with Crippen molar-refractivity contribution in [3.05, 3.63) is 53.1 Å². The molecular formula is C27H31F4N5O2. The van der Waals surface area contributed by atoms with Crippen LogP contribution in [0.25, 0.3) is 11.0 Å². The summed E-state index contributed by atoms with van der Waals surface area (Å²) in [5, 5.41) is 0.792. The Kier molecular flexibility index (Phi) is 6.97. The van der Waals surface area contributed by atoms with Crippen molar-refractivity contribution in [2.45, 2.75) is 56.8 Å². The molecule has 0 aliphatic carbocycles. The van der Waals surface area contributed by atoms with Crippen molar-refractivity contribution in [3.8, 4) is 5.75 Å². The predicted octanol–water partition coefficient (Wildman–Crippen LogP) is 5.40. The molecule has 3 aromatic rings. The molecular weight excluding hydrogens is 502 g/mol. The molecule has 0 spiro atoms. The van der Waals surface area contributed by atoms with E-state index in [1.807, 2.05) is 6.07 Å². The number of nitrogens with zero attached hydrogens (tertiary/aromatic N) is 3. The highest BCUT2D eigenvalue weighted by molar-refractivity contribution is 5.99. The van der Waals surface area contributed by atoms with E-state index in [4.69, 9.17) is 5.73 Å². The van der Waals surface area contributed by atoms with Gasteiger partial charge in [0.25, 0.3) is 5.91 Å². The average molecular weight is 534 g/mol. The number of carbonyl (C=O) groups is 1. The molecule has 2 fully saturated rings. The lowest BCUT2D eigenvalue weighted by Crippen LogP contribution is -2.38. The fourth-order valence-corrected chi connectivity index (χ4v) is 5.77. The van der Waals surface area contributed by atoms with Crippen molar-refractivity contribution in [1.29, 1.82) is 0 Å². The summed E-state index contributed by atoms with van der Waals surface area (Å²) in [7, 11) is 2.13. The minimum atomic E-state index is -4.85. The number of carbonyl (C=O) groups excluding carboxylic acids is 1. The van der Waals surface area contributed by atoms with E-state index in [-0.39, 0.29) is 28.9 Å². The van der Waals surface area contributed by atoms with Crippen LogP contribution in [0.15, 0.2) is 30.5 Å². The van der Waals surface area contributed by atoms with Crippen molar-refractivity contribution in [3.63, 3.8) is 0 Å². The molecule has 1 aromatic carbocycles. The molecule has 5 rings (SSSR count). The summed E-state index contributed by atoms with van der Waals surface area (Å²) in [5.41, 5.74) is 8.27. The van der Waals surface area contributed by atoms with Gasteiger partial charge >= 0.3 is 6.36 Å². The second-order valence-corrected chi connectivity index (χ2v) is 10.4. The highest BCUT2D eigenvalue weighted by atomic mass is 19.4. The van der Waals surface area contributed by atoms with Crippen LogP contribution in [-0.2, 0) is 0 Å². The first kappa shape index (κ1) is 26.3. The lowest BCUT2D eigenvalue weighted by atomic mass is 9.86. The van der Waals surface area contributed by atoms with Gasteiger partial charge in [-0.15, -0.1) is 13.2 Å². The van der Waals surface area contributed by atoms with Gasteiger partial charge in [-0.25, -0.2) is 9.37 Å². The Balaban J connectivity index is 1.30. The first-order valence-corrected chi connectivity index (χ1v) is 12.8. The van der Waals surface area contributed by atoms with Crippen LogP contribution in [0.4, 0.5) is 23.2 Å². The number of ether oxygens (including phenoxy) is 1. The summed E-state index contributed by atoms with van der Waals surface area (Å²) in [5.74, 6) is -0.939. The quantitative estimate of drug-likeness (QED) is 0.346. The molecule has 4 heterocycles. The van der Waals surface area contributed by atoms with Crippen LogP contribution in [0.1, 0.15) is 66.1 Å². The van der Waals surface area contributed by atoms with Gasteiger partial charge in [-0.2, -0.15) is 0 Å². The zero-order valence-electron chi connectivity index (χ0n) is 21.3. The number of H-pyrrole nitrogens is 1. The number of likely N-dealkylation sites (tertiary alicyclic amines) is 2. The van der Waals surface area contributed by atoms with Gasteiger partial charge in [0, 0.05) is 53.4 Å². The standard InChI is InChI=1S/C27H31F4N5O2/c1-15-11-17(5-8-35(15)2)23-13-20-24(21(28)14-33-25(20)34-23)16-6-9-36(10-7-16)26(37)19-4-3-18(12-22(19)32)38-27(29,30)31/h3-4,12-17H,5-11,32H2,1-2H3,(H,33,34)/t15-,17+/m1/s1. The largest absolute Gasteiger partial charge is 0.573 e. The molecule has 2 saturated heterocycles. The maximum atomic E-state index is 15.1. The molecule has 2 aliphatic rings. The summed E-state index contributed by atoms with van der Waals surface area (Å²) in [6.45, 7) is 3.96. The molecule has 1 amide bonds. The van der Waals surface area contributed by atoms with Crippen LogP contribution in [0.2, 0.25) is 0 Å². The number of anilines is 1. The van der Waals surface area contributed by atoms with Crippen molar-refractivity contribution in [2.75, 3.05) is 32.4 Å². The van der Waals surface area contributed by atoms with E-state index in [0.29, 0.717) is 49.1 Å². The minimum Gasteiger partial charge on any atom is -0.406 e.